The van der Waals surface area contributed by atoms with Gasteiger partial charge in [-0.1, -0.05) is 24.3 Å². The molecule has 0 radical (unpaired) electrons. The molecule has 0 unspecified atom stereocenters. The van der Waals surface area contributed by atoms with Gasteiger partial charge in [0.25, 0.3) is 0 Å². The Bertz CT molecular complexity index is 1140. The van der Waals surface area contributed by atoms with Gasteiger partial charge in [0.15, 0.2) is 0 Å². The van der Waals surface area contributed by atoms with Gasteiger partial charge in [-0.3, -0.25) is 4.79 Å². The predicted octanol–water partition coefficient (Wildman–Crippen LogP) is 3.38. The van der Waals surface area contributed by atoms with Gasteiger partial charge in [0.1, 0.15) is 5.82 Å². The topological polar surface area (TPSA) is 84.1 Å². The zero-order valence-corrected chi connectivity index (χ0v) is 18.6. The molecule has 34 heavy (non-hydrogen) atoms. The maximum absolute atomic E-state index is 13.6. The first-order valence-corrected chi connectivity index (χ1v) is 11.1. The SMILES string of the molecule is NC(=O)c1cccc(CCc2nc(Cc3ccc(N4CCNCC4)cc3)ncc2C(F)(F)F)c1. The van der Waals surface area contributed by atoms with Crippen LogP contribution in [0, 0.1) is 0 Å². The fourth-order valence-corrected chi connectivity index (χ4v) is 4.04. The van der Waals surface area contributed by atoms with Gasteiger partial charge in [-0.05, 0) is 48.2 Å². The number of halogens is 3. The molecule has 178 valence electrons. The summed E-state index contributed by atoms with van der Waals surface area (Å²) in [5.74, 6) is -0.242. The van der Waals surface area contributed by atoms with E-state index in [1.807, 2.05) is 24.3 Å². The van der Waals surface area contributed by atoms with Crippen molar-refractivity contribution in [1.29, 1.82) is 0 Å². The second-order valence-corrected chi connectivity index (χ2v) is 8.29. The molecular formula is C25H26F3N5O. The van der Waals surface area contributed by atoms with Gasteiger partial charge in [-0.2, -0.15) is 13.2 Å². The zero-order chi connectivity index (χ0) is 24.1. The Morgan fingerprint density at radius 2 is 1.76 bits per heavy atom. The largest absolute Gasteiger partial charge is 0.419 e. The van der Waals surface area contributed by atoms with E-state index in [0.29, 0.717) is 29.8 Å². The number of benzene rings is 2. The van der Waals surface area contributed by atoms with Gasteiger partial charge in [0, 0.05) is 50.0 Å². The van der Waals surface area contributed by atoms with E-state index in [1.54, 1.807) is 24.3 Å². The van der Waals surface area contributed by atoms with Gasteiger partial charge < -0.3 is 16.0 Å². The molecule has 1 amide bonds. The van der Waals surface area contributed by atoms with Crippen molar-refractivity contribution in [2.75, 3.05) is 31.1 Å². The number of alkyl halides is 3. The van der Waals surface area contributed by atoms with Crippen LogP contribution in [0.5, 0.6) is 0 Å². The van der Waals surface area contributed by atoms with Crippen molar-refractivity contribution in [1.82, 2.24) is 15.3 Å². The highest BCUT2D eigenvalue weighted by atomic mass is 19.4. The van der Waals surface area contributed by atoms with Crippen LogP contribution in [0.25, 0.3) is 0 Å². The number of hydrogen-bond donors (Lipinski definition) is 2. The summed E-state index contributed by atoms with van der Waals surface area (Å²) in [7, 11) is 0. The summed E-state index contributed by atoms with van der Waals surface area (Å²) < 4.78 is 40.7. The number of piperazine rings is 1. The number of aryl methyl sites for hydroxylation is 2. The third-order valence-corrected chi connectivity index (χ3v) is 5.87. The summed E-state index contributed by atoms with van der Waals surface area (Å²) in [5.41, 5.74) is 7.50. The molecule has 9 heteroatoms. The first kappa shape index (κ1) is 23.7. The Hall–Kier alpha value is -3.46. The first-order chi connectivity index (χ1) is 16.3. The second-order valence-electron chi connectivity index (χ2n) is 8.29. The number of nitrogens with one attached hydrogen (secondary N) is 1. The molecule has 2 heterocycles. The van der Waals surface area contributed by atoms with Crippen molar-refractivity contribution < 1.29 is 18.0 Å². The molecule has 4 rings (SSSR count). The molecular weight excluding hydrogens is 443 g/mol. The lowest BCUT2D eigenvalue weighted by atomic mass is 10.0. The normalized spacial score (nSPS) is 14.3. The van der Waals surface area contributed by atoms with Crippen molar-refractivity contribution in [3.63, 3.8) is 0 Å². The van der Waals surface area contributed by atoms with E-state index in [2.05, 4.69) is 20.2 Å². The van der Waals surface area contributed by atoms with E-state index in [-0.39, 0.29) is 12.1 Å². The Morgan fingerprint density at radius 3 is 2.44 bits per heavy atom. The molecule has 1 aliphatic rings. The Kier molecular flexibility index (Phi) is 7.12. The van der Waals surface area contributed by atoms with E-state index in [0.717, 1.165) is 43.6 Å². The number of anilines is 1. The number of rotatable bonds is 7. The van der Waals surface area contributed by atoms with Crippen molar-refractivity contribution in [3.05, 3.63) is 88.5 Å². The lowest BCUT2D eigenvalue weighted by Crippen LogP contribution is -2.43. The van der Waals surface area contributed by atoms with Crippen LogP contribution >= 0.6 is 0 Å². The highest BCUT2D eigenvalue weighted by Crippen LogP contribution is 2.31. The lowest BCUT2D eigenvalue weighted by Gasteiger charge is -2.29. The third-order valence-electron chi connectivity index (χ3n) is 5.87. The van der Waals surface area contributed by atoms with Crippen LogP contribution in [-0.2, 0) is 25.4 Å². The van der Waals surface area contributed by atoms with Crippen LogP contribution in [0.15, 0.2) is 54.7 Å². The number of nitrogens with zero attached hydrogens (tertiary/aromatic N) is 3. The number of primary amides is 1. The minimum absolute atomic E-state index is 0.0561. The van der Waals surface area contributed by atoms with Crippen LogP contribution in [0.3, 0.4) is 0 Å². The molecule has 2 aromatic carbocycles. The van der Waals surface area contributed by atoms with Gasteiger partial charge in [-0.15, -0.1) is 0 Å². The highest BCUT2D eigenvalue weighted by molar-refractivity contribution is 5.92. The smallest absolute Gasteiger partial charge is 0.369 e. The number of carbonyl (C=O) groups excluding carboxylic acids is 1. The van der Waals surface area contributed by atoms with Crippen molar-refractivity contribution in [3.8, 4) is 0 Å². The maximum Gasteiger partial charge on any atom is 0.419 e. The van der Waals surface area contributed by atoms with Crippen molar-refractivity contribution in [2.45, 2.75) is 25.4 Å². The van der Waals surface area contributed by atoms with Crippen molar-refractivity contribution in [2.24, 2.45) is 5.73 Å². The molecule has 0 aliphatic carbocycles. The number of amides is 1. The molecule has 6 nitrogen and oxygen atoms in total. The predicted molar refractivity (Wildman–Crippen MR) is 124 cm³/mol. The molecule has 0 spiro atoms. The number of nitrogens with two attached hydrogens (primary N) is 1. The highest BCUT2D eigenvalue weighted by Gasteiger charge is 2.34. The minimum atomic E-state index is -4.55. The summed E-state index contributed by atoms with van der Waals surface area (Å²) in [5, 5.41) is 3.32. The van der Waals surface area contributed by atoms with Crippen LogP contribution in [0.2, 0.25) is 0 Å². The fraction of sp³-hybridized carbons (Fsp3) is 0.320. The zero-order valence-electron chi connectivity index (χ0n) is 18.6. The molecule has 3 N–H and O–H groups in total. The second kappa shape index (κ2) is 10.2. The number of aromatic nitrogens is 2. The summed E-state index contributed by atoms with van der Waals surface area (Å²) in [6.45, 7) is 3.76. The van der Waals surface area contributed by atoms with Crippen LogP contribution in [0.4, 0.5) is 18.9 Å². The molecule has 1 aromatic heterocycles. The first-order valence-electron chi connectivity index (χ1n) is 11.1. The maximum atomic E-state index is 13.6. The third kappa shape index (κ3) is 5.91. The van der Waals surface area contributed by atoms with E-state index in [4.69, 9.17) is 5.73 Å². The van der Waals surface area contributed by atoms with E-state index >= 15 is 0 Å². The number of carbonyl (C=O) groups is 1. The Balaban J connectivity index is 1.51. The molecule has 0 bridgehead atoms. The number of hydrogen-bond acceptors (Lipinski definition) is 5. The van der Waals surface area contributed by atoms with Crippen molar-refractivity contribution >= 4 is 11.6 Å². The van der Waals surface area contributed by atoms with E-state index in [1.165, 1.54) is 0 Å². The standard InChI is InChI=1S/C25H26F3N5O/c26-25(27,28)21-16-31-23(15-18-4-7-20(8-5-18)33-12-10-30-11-13-33)32-22(21)9-6-17-2-1-3-19(14-17)24(29)34/h1-5,7-8,14,16,30H,6,9-13,15H2,(H2,29,34). The molecule has 1 aliphatic heterocycles. The lowest BCUT2D eigenvalue weighted by molar-refractivity contribution is -0.138. The monoisotopic (exact) mass is 469 g/mol. The fourth-order valence-electron chi connectivity index (χ4n) is 4.04. The van der Waals surface area contributed by atoms with E-state index in [9.17, 15) is 18.0 Å². The van der Waals surface area contributed by atoms with Gasteiger partial charge in [-0.25, -0.2) is 9.97 Å². The average molecular weight is 470 g/mol. The average Bonchev–Trinajstić information content (AvgIpc) is 2.83. The van der Waals surface area contributed by atoms with Crippen LogP contribution < -0.4 is 16.0 Å². The molecule has 3 aromatic rings. The molecule has 1 saturated heterocycles. The van der Waals surface area contributed by atoms with Gasteiger partial charge in [0.2, 0.25) is 5.91 Å². The summed E-state index contributed by atoms with van der Waals surface area (Å²) in [4.78, 5) is 22.0. The summed E-state index contributed by atoms with van der Waals surface area (Å²) in [6.07, 6.45) is -2.99. The quantitative estimate of drug-likeness (QED) is 0.554. The summed E-state index contributed by atoms with van der Waals surface area (Å²) in [6, 6.07) is 14.6. The minimum Gasteiger partial charge on any atom is -0.369 e. The molecule has 0 saturated carbocycles. The van der Waals surface area contributed by atoms with E-state index < -0.39 is 17.6 Å². The Morgan fingerprint density at radius 1 is 1.03 bits per heavy atom. The Labute approximate surface area is 196 Å². The van der Waals surface area contributed by atoms with Crippen LogP contribution in [0.1, 0.15) is 38.6 Å². The summed E-state index contributed by atoms with van der Waals surface area (Å²) >= 11 is 0. The molecule has 0 atom stereocenters. The van der Waals surface area contributed by atoms with Crippen LogP contribution in [-0.4, -0.2) is 42.1 Å². The van der Waals surface area contributed by atoms with Gasteiger partial charge in [0.05, 0.1) is 11.3 Å². The van der Waals surface area contributed by atoms with Gasteiger partial charge >= 0.3 is 6.18 Å². The molecule has 1 fully saturated rings.